The van der Waals surface area contributed by atoms with E-state index in [0.717, 1.165) is 0 Å². The van der Waals surface area contributed by atoms with E-state index in [4.69, 9.17) is 0 Å². The molecule has 0 aliphatic rings. The second kappa shape index (κ2) is 3.00. The quantitative estimate of drug-likeness (QED) is 0.545. The molecule has 0 aliphatic heterocycles. The number of benzene rings is 1. The van der Waals surface area contributed by atoms with E-state index in [0.29, 0.717) is 0 Å². The summed E-state index contributed by atoms with van der Waals surface area (Å²) in [6.07, 6.45) is 0. The van der Waals surface area contributed by atoms with Gasteiger partial charge in [0.05, 0.1) is 0 Å². The first-order valence-electron chi connectivity index (χ1n) is 2.78. The molecule has 0 fully saturated rings. The fraction of sp³-hybridized carbons (Fsp3) is 0.143. The first-order valence-corrected chi connectivity index (χ1v) is 6.41. The Balaban J connectivity index is 0.000000640. The maximum atomic E-state index is 2.32. The monoisotopic (exact) mass is 162 g/mol. The minimum atomic E-state index is -0.0398. The topological polar surface area (TPSA) is 0 Å². The molecular weight excluding hydrogens is 154 g/mol. The van der Waals surface area contributed by atoms with Gasteiger partial charge in [0.25, 0.3) is 0 Å². The molecule has 0 saturated carbocycles. The van der Waals surface area contributed by atoms with E-state index in [1.165, 1.54) is 0 Å². The largest absolute Gasteiger partial charge is 1.00 e. The van der Waals surface area contributed by atoms with Crippen LogP contribution in [0, 0.1) is 0 Å². The Morgan fingerprint density at radius 3 is 2.25 bits per heavy atom. The van der Waals surface area contributed by atoms with Crippen molar-refractivity contribution in [2.75, 3.05) is 0 Å². The molecule has 0 atom stereocenters. The van der Waals surface area contributed by atoms with Crippen molar-refractivity contribution in [1.29, 1.82) is 0 Å². The van der Waals surface area contributed by atoms with Crippen LogP contribution in [-0.4, -0.2) is 17.4 Å². The fourth-order valence-corrected chi connectivity index (χ4v) is 1.92. The van der Waals surface area contributed by atoms with Gasteiger partial charge in [0, 0.05) is 0 Å². The van der Waals surface area contributed by atoms with Crippen LogP contribution in [0.4, 0.5) is 0 Å². The Labute approximate surface area is 59.2 Å². The predicted octanol–water partition coefficient (Wildman–Crippen LogP) is 1.18. The number of rotatable bonds is 1. The van der Waals surface area contributed by atoms with Crippen LogP contribution in [0.1, 0.15) is 1.43 Å². The molecule has 8 heavy (non-hydrogen) atoms. The van der Waals surface area contributed by atoms with E-state index in [9.17, 15) is 0 Å². The SMILES string of the molecule is [CH3][Ga+][c]1ccccc1.[H-]. The zero-order valence-corrected chi connectivity index (χ0v) is 7.39. The van der Waals surface area contributed by atoms with Crippen molar-refractivity contribution in [2.24, 2.45) is 0 Å². The molecule has 0 radical (unpaired) electrons. The van der Waals surface area contributed by atoms with E-state index in [2.05, 4.69) is 35.8 Å². The molecule has 0 unspecified atom stereocenters. The predicted molar refractivity (Wildman–Crippen MR) is 38.8 cm³/mol. The van der Waals surface area contributed by atoms with Crippen LogP contribution in [0.5, 0.6) is 0 Å². The van der Waals surface area contributed by atoms with Crippen molar-refractivity contribution in [3.05, 3.63) is 30.3 Å². The molecule has 1 aromatic rings. The molecule has 0 nitrogen and oxygen atoms in total. The third kappa shape index (κ3) is 1.42. The van der Waals surface area contributed by atoms with Crippen LogP contribution in [-0.2, 0) is 0 Å². The van der Waals surface area contributed by atoms with Gasteiger partial charge in [-0.1, -0.05) is 0 Å². The standard InChI is InChI=1S/C6H5.CH3.Ga.H/c1-2-4-6-5-3-1;;;/h1-5H;1H3;;/q;;+1;-1. The van der Waals surface area contributed by atoms with Crippen molar-refractivity contribution in [1.82, 2.24) is 0 Å². The van der Waals surface area contributed by atoms with Crippen LogP contribution < -0.4 is 4.12 Å². The maximum Gasteiger partial charge on any atom is -1.00 e. The van der Waals surface area contributed by atoms with E-state index in [-0.39, 0.29) is 18.8 Å². The number of hydrogen-bond donors (Lipinski definition) is 0. The minimum Gasteiger partial charge on any atom is -1.00 e. The average molecular weight is 163 g/mol. The van der Waals surface area contributed by atoms with Crippen molar-refractivity contribution in [3.8, 4) is 0 Å². The van der Waals surface area contributed by atoms with Crippen molar-refractivity contribution >= 4 is 21.5 Å². The molecule has 0 saturated heterocycles. The van der Waals surface area contributed by atoms with E-state index in [1.54, 1.807) is 4.12 Å². The zero-order chi connectivity index (χ0) is 5.82. The number of hydrogen-bond acceptors (Lipinski definition) is 0. The van der Waals surface area contributed by atoms with Gasteiger partial charge in [-0.2, -0.15) is 0 Å². The van der Waals surface area contributed by atoms with Gasteiger partial charge in [-0.3, -0.25) is 0 Å². The van der Waals surface area contributed by atoms with Crippen molar-refractivity contribution in [3.63, 3.8) is 0 Å². The third-order valence-corrected chi connectivity index (χ3v) is 3.34. The van der Waals surface area contributed by atoms with Gasteiger partial charge >= 0.3 is 57.3 Å². The Bertz CT molecular complexity index is 150. The molecular formula is C7H9Ga. The summed E-state index contributed by atoms with van der Waals surface area (Å²) in [5, 5.41) is 0. The van der Waals surface area contributed by atoms with Gasteiger partial charge in [-0.15, -0.1) is 0 Å². The van der Waals surface area contributed by atoms with Crippen molar-refractivity contribution < 1.29 is 1.43 Å². The molecule has 1 heteroatoms. The van der Waals surface area contributed by atoms with Gasteiger partial charge in [0.2, 0.25) is 0 Å². The Morgan fingerprint density at radius 2 is 1.88 bits per heavy atom. The van der Waals surface area contributed by atoms with Crippen molar-refractivity contribution in [2.45, 2.75) is 5.48 Å². The van der Waals surface area contributed by atoms with E-state index >= 15 is 0 Å². The summed E-state index contributed by atoms with van der Waals surface area (Å²) in [5.41, 5.74) is 2.32. The Morgan fingerprint density at radius 1 is 1.25 bits per heavy atom. The van der Waals surface area contributed by atoms with Crippen LogP contribution in [0.2, 0.25) is 5.48 Å². The minimum absolute atomic E-state index is 0. The average Bonchev–Trinajstić information content (AvgIpc) is 1.90. The molecule has 0 aliphatic carbocycles. The molecule has 40 valence electrons. The van der Waals surface area contributed by atoms with Gasteiger partial charge in [-0.05, 0) is 0 Å². The third-order valence-electron chi connectivity index (χ3n) is 1.13. The van der Waals surface area contributed by atoms with Crippen LogP contribution in [0.3, 0.4) is 0 Å². The van der Waals surface area contributed by atoms with Gasteiger partial charge in [0.1, 0.15) is 0 Å². The summed E-state index contributed by atoms with van der Waals surface area (Å²) in [6, 6.07) is 10.7. The molecule has 1 aromatic carbocycles. The molecule has 0 bridgehead atoms. The summed E-state index contributed by atoms with van der Waals surface area (Å²) >= 11 is -0.0398. The first kappa shape index (κ1) is 5.98. The Kier molecular flexibility index (Phi) is 2.24. The fourth-order valence-electron chi connectivity index (χ4n) is 0.645. The van der Waals surface area contributed by atoms with Crippen LogP contribution in [0.15, 0.2) is 30.3 Å². The molecule has 0 aromatic heterocycles. The summed E-state index contributed by atoms with van der Waals surface area (Å²) in [4.78, 5) is 0. The molecule has 0 heterocycles. The maximum absolute atomic E-state index is 2.32. The summed E-state index contributed by atoms with van der Waals surface area (Å²) < 4.78 is 1.57. The normalized spacial score (nSPS) is 8.12. The smallest absolute Gasteiger partial charge is 1.00 e. The summed E-state index contributed by atoms with van der Waals surface area (Å²) in [5.74, 6) is 0. The summed E-state index contributed by atoms with van der Waals surface area (Å²) in [7, 11) is 0. The second-order valence-electron chi connectivity index (χ2n) is 1.70. The van der Waals surface area contributed by atoms with Gasteiger partial charge in [0.15, 0.2) is 0 Å². The second-order valence-corrected chi connectivity index (χ2v) is 4.31. The Hall–Kier alpha value is -0.144. The molecule has 0 N–H and O–H groups in total. The first-order chi connectivity index (χ1) is 3.93. The van der Waals surface area contributed by atoms with Crippen LogP contribution in [0.25, 0.3) is 0 Å². The van der Waals surface area contributed by atoms with E-state index in [1.807, 2.05) is 0 Å². The van der Waals surface area contributed by atoms with E-state index < -0.39 is 0 Å². The zero-order valence-electron chi connectivity index (χ0n) is 5.96. The summed E-state index contributed by atoms with van der Waals surface area (Å²) in [6.45, 7) is 0. The molecule has 1 rings (SSSR count). The molecule has 0 amide bonds. The van der Waals surface area contributed by atoms with Crippen LogP contribution >= 0.6 is 0 Å². The molecule has 0 spiro atoms. The van der Waals surface area contributed by atoms with Gasteiger partial charge < -0.3 is 1.43 Å². The van der Waals surface area contributed by atoms with Gasteiger partial charge in [-0.25, -0.2) is 0 Å².